The normalized spacial score (nSPS) is 9.40. The van der Waals surface area contributed by atoms with E-state index >= 15 is 0 Å². The van der Waals surface area contributed by atoms with Gasteiger partial charge in [0.05, 0.1) is 7.11 Å². The van der Waals surface area contributed by atoms with Crippen molar-refractivity contribution in [3.8, 4) is 5.75 Å². The number of methoxy groups -OCH3 is 1. The van der Waals surface area contributed by atoms with Crippen molar-refractivity contribution in [2.45, 2.75) is 0 Å². The van der Waals surface area contributed by atoms with Crippen molar-refractivity contribution in [3.05, 3.63) is 29.5 Å². The molecule has 54 valence electrons. The number of ether oxygens (including phenoxy) is 1. The van der Waals surface area contributed by atoms with E-state index in [9.17, 15) is 9.60 Å². The molecule has 0 saturated carbocycles. The Kier molecular flexibility index (Phi) is 1.71. The summed E-state index contributed by atoms with van der Waals surface area (Å²) in [5.41, 5.74) is 0. The third-order valence-corrected chi connectivity index (χ3v) is 1.08. The fourth-order valence-corrected chi connectivity index (χ4v) is 0.565. The molecule has 0 saturated heterocycles. The van der Waals surface area contributed by atoms with Gasteiger partial charge in [-0.1, -0.05) is 0 Å². The van der Waals surface area contributed by atoms with E-state index in [0.29, 0.717) is 5.75 Å². The summed E-state index contributed by atoms with van der Waals surface area (Å²) in [4.78, 5) is 0. The summed E-state index contributed by atoms with van der Waals surface area (Å²) in [5, 5.41) is 10.5. The van der Waals surface area contributed by atoms with Crippen LogP contribution >= 0.6 is 0 Å². The van der Waals surface area contributed by atoms with Crippen molar-refractivity contribution in [1.82, 2.24) is 0 Å². The zero-order valence-corrected chi connectivity index (χ0v) is 5.37. The van der Waals surface area contributed by atoms with Crippen LogP contribution in [0.25, 0.3) is 0 Å². The molecule has 0 atom stereocenters. The van der Waals surface area contributed by atoms with Crippen LogP contribution in [-0.4, -0.2) is 7.11 Å². The third kappa shape index (κ3) is 1.15. The maximum atomic E-state index is 12.2. The van der Waals surface area contributed by atoms with Gasteiger partial charge in [0.15, 0.2) is 5.75 Å². The largest absolute Gasteiger partial charge is 0.617 e. The van der Waals surface area contributed by atoms with Gasteiger partial charge in [0.2, 0.25) is 6.20 Å². The molecule has 1 aromatic heterocycles. The summed E-state index contributed by atoms with van der Waals surface area (Å²) in [5.74, 6) is -0.489. The summed E-state index contributed by atoms with van der Waals surface area (Å²) in [6.45, 7) is 0. The first-order valence-corrected chi connectivity index (χ1v) is 2.67. The molecule has 0 amide bonds. The quantitative estimate of drug-likeness (QED) is 0.325. The van der Waals surface area contributed by atoms with Crippen LogP contribution in [0.4, 0.5) is 4.39 Å². The Balaban J connectivity index is 3.04. The second-order valence-corrected chi connectivity index (χ2v) is 1.72. The fraction of sp³-hybridized carbons (Fsp3) is 0.167. The van der Waals surface area contributed by atoms with E-state index in [0.717, 1.165) is 12.3 Å². The van der Waals surface area contributed by atoms with Crippen molar-refractivity contribution >= 4 is 0 Å². The molecule has 1 rings (SSSR count). The minimum atomic E-state index is -0.833. The monoisotopic (exact) mass is 143 g/mol. The number of pyridine rings is 1. The summed E-state index contributed by atoms with van der Waals surface area (Å²) in [6.07, 6.45) is 1.02. The van der Waals surface area contributed by atoms with E-state index in [-0.39, 0.29) is 4.73 Å². The van der Waals surface area contributed by atoms with Crippen molar-refractivity contribution in [1.29, 1.82) is 0 Å². The van der Waals surface area contributed by atoms with E-state index in [1.54, 1.807) is 0 Å². The van der Waals surface area contributed by atoms with Crippen LogP contribution in [0.2, 0.25) is 0 Å². The molecule has 0 unspecified atom stereocenters. The molecule has 1 aromatic rings. The van der Waals surface area contributed by atoms with Crippen LogP contribution in [0.3, 0.4) is 0 Å². The number of hydrogen-bond acceptors (Lipinski definition) is 2. The maximum Gasteiger partial charge on any atom is 0.371 e. The van der Waals surface area contributed by atoms with Gasteiger partial charge in [-0.25, -0.2) is 0 Å². The highest BCUT2D eigenvalue weighted by Gasteiger charge is 2.02. The maximum absolute atomic E-state index is 12.2. The van der Waals surface area contributed by atoms with Crippen molar-refractivity contribution in [2.75, 3.05) is 7.11 Å². The fourth-order valence-electron chi connectivity index (χ4n) is 0.565. The Bertz CT molecular complexity index is 239. The molecular weight excluding hydrogens is 137 g/mol. The summed E-state index contributed by atoms with van der Waals surface area (Å²) < 4.78 is 17.0. The lowest BCUT2D eigenvalue weighted by atomic mass is 10.4. The summed E-state index contributed by atoms with van der Waals surface area (Å²) >= 11 is 0. The highest BCUT2D eigenvalue weighted by atomic mass is 19.1. The molecular formula is C6H6FNO2. The number of hydrogen-bond donors (Lipinski definition) is 0. The van der Waals surface area contributed by atoms with Crippen LogP contribution in [0, 0.1) is 11.2 Å². The number of halogens is 1. The highest BCUT2D eigenvalue weighted by molar-refractivity contribution is 5.12. The van der Waals surface area contributed by atoms with Crippen LogP contribution in [0.15, 0.2) is 18.3 Å². The smallest absolute Gasteiger partial charge is 0.371 e. The average molecular weight is 143 g/mol. The van der Waals surface area contributed by atoms with Crippen LogP contribution in [-0.2, 0) is 0 Å². The van der Waals surface area contributed by atoms with Gasteiger partial charge in [0.1, 0.15) is 0 Å². The molecule has 3 nitrogen and oxygen atoms in total. The molecule has 0 aliphatic rings. The van der Waals surface area contributed by atoms with Gasteiger partial charge in [-0.3, -0.25) is 0 Å². The molecule has 0 radical (unpaired) electrons. The van der Waals surface area contributed by atoms with E-state index < -0.39 is 5.95 Å². The SMILES string of the molecule is COc1ccc(F)[n+]([O-])c1. The first-order chi connectivity index (χ1) is 4.74. The highest BCUT2D eigenvalue weighted by Crippen LogP contribution is 2.04. The molecule has 0 aromatic carbocycles. The van der Waals surface area contributed by atoms with Crippen molar-refractivity contribution < 1.29 is 13.9 Å². The summed E-state index contributed by atoms with van der Waals surface area (Å²) in [7, 11) is 1.41. The van der Waals surface area contributed by atoms with E-state index in [1.165, 1.54) is 13.2 Å². The van der Waals surface area contributed by atoms with Gasteiger partial charge in [-0.2, -0.15) is 0 Å². The predicted molar refractivity (Wildman–Crippen MR) is 31.9 cm³/mol. The van der Waals surface area contributed by atoms with E-state index in [1.807, 2.05) is 0 Å². The Labute approximate surface area is 57.3 Å². The molecule has 0 aliphatic carbocycles. The molecule has 0 bridgehead atoms. The Morgan fingerprint density at radius 1 is 1.60 bits per heavy atom. The van der Waals surface area contributed by atoms with Gasteiger partial charge in [-0.05, 0) is 6.07 Å². The van der Waals surface area contributed by atoms with E-state index in [4.69, 9.17) is 0 Å². The molecule has 1 heterocycles. The molecule has 10 heavy (non-hydrogen) atoms. The van der Waals surface area contributed by atoms with Gasteiger partial charge in [0.25, 0.3) is 0 Å². The van der Waals surface area contributed by atoms with Gasteiger partial charge >= 0.3 is 5.95 Å². The van der Waals surface area contributed by atoms with E-state index in [2.05, 4.69) is 4.74 Å². The minimum absolute atomic E-state index is 0.110. The van der Waals surface area contributed by atoms with Crippen molar-refractivity contribution in [3.63, 3.8) is 0 Å². The minimum Gasteiger partial charge on any atom is -0.617 e. The lowest BCUT2D eigenvalue weighted by molar-refractivity contribution is -0.637. The van der Waals surface area contributed by atoms with Crippen LogP contribution in [0.5, 0.6) is 5.75 Å². The van der Waals surface area contributed by atoms with Gasteiger partial charge in [0, 0.05) is 6.07 Å². The molecule has 0 N–H and O–H groups in total. The zero-order valence-electron chi connectivity index (χ0n) is 5.37. The zero-order chi connectivity index (χ0) is 7.56. The van der Waals surface area contributed by atoms with Crippen molar-refractivity contribution in [2.24, 2.45) is 0 Å². The number of aromatic nitrogens is 1. The molecule has 4 heteroatoms. The number of nitrogens with zero attached hydrogens (tertiary/aromatic N) is 1. The lowest BCUT2D eigenvalue weighted by Crippen LogP contribution is -2.30. The van der Waals surface area contributed by atoms with Gasteiger partial charge < -0.3 is 9.94 Å². The number of rotatable bonds is 1. The van der Waals surface area contributed by atoms with Gasteiger partial charge in [-0.15, -0.1) is 9.12 Å². The molecule has 0 fully saturated rings. The summed E-state index contributed by atoms with van der Waals surface area (Å²) in [6, 6.07) is 2.43. The Morgan fingerprint density at radius 2 is 2.30 bits per heavy atom. The Hall–Kier alpha value is -1.32. The van der Waals surface area contributed by atoms with Crippen LogP contribution in [0.1, 0.15) is 0 Å². The third-order valence-electron chi connectivity index (χ3n) is 1.08. The second kappa shape index (κ2) is 2.51. The second-order valence-electron chi connectivity index (χ2n) is 1.72. The average Bonchev–Trinajstić information content (AvgIpc) is 1.95. The first kappa shape index (κ1) is 6.80. The lowest BCUT2D eigenvalue weighted by Gasteiger charge is -1.98. The topological polar surface area (TPSA) is 36.2 Å². The molecule has 0 spiro atoms. The van der Waals surface area contributed by atoms with Crippen LogP contribution < -0.4 is 9.47 Å². The molecule has 0 aliphatic heterocycles. The first-order valence-electron chi connectivity index (χ1n) is 2.67. The standard InChI is InChI=1S/C6H6FNO2/c1-10-5-2-3-6(7)8(9)4-5/h2-4H,1H3. The predicted octanol–water partition coefficient (Wildman–Crippen LogP) is 0.468. The Morgan fingerprint density at radius 3 is 2.80 bits per heavy atom.